The molecule has 2 aromatic carbocycles. The van der Waals surface area contributed by atoms with Gasteiger partial charge in [-0.1, -0.05) is 6.07 Å². The highest BCUT2D eigenvalue weighted by molar-refractivity contribution is 5.95. The summed E-state index contributed by atoms with van der Waals surface area (Å²) in [5.41, 5.74) is 2.84. The minimum atomic E-state index is -0.463. The van der Waals surface area contributed by atoms with Crippen molar-refractivity contribution in [2.24, 2.45) is 0 Å². The highest BCUT2D eigenvalue weighted by Crippen LogP contribution is 2.32. The van der Waals surface area contributed by atoms with Gasteiger partial charge in [0.2, 0.25) is 0 Å². The molecule has 1 aliphatic heterocycles. The van der Waals surface area contributed by atoms with Crippen LogP contribution in [0.4, 0.5) is 11.4 Å². The molecular formula is C22H28N3O5+. The van der Waals surface area contributed by atoms with Gasteiger partial charge in [0.15, 0.2) is 6.54 Å². The molecule has 3 rings (SSSR count). The van der Waals surface area contributed by atoms with Gasteiger partial charge in [0, 0.05) is 25.0 Å². The maximum atomic E-state index is 12.8. The van der Waals surface area contributed by atoms with Gasteiger partial charge < -0.3 is 19.7 Å². The molecule has 0 aliphatic carbocycles. The van der Waals surface area contributed by atoms with Crippen LogP contribution in [0.25, 0.3) is 0 Å². The van der Waals surface area contributed by atoms with Crippen LogP contribution in [0.3, 0.4) is 0 Å². The Morgan fingerprint density at radius 1 is 1.23 bits per heavy atom. The number of carbonyl (C=O) groups is 1. The van der Waals surface area contributed by atoms with Gasteiger partial charge in [-0.15, -0.1) is 0 Å². The van der Waals surface area contributed by atoms with E-state index >= 15 is 0 Å². The fraction of sp³-hybridized carbons (Fsp3) is 0.409. The quantitative estimate of drug-likeness (QED) is 0.536. The maximum Gasteiger partial charge on any atom is 0.293 e. The summed E-state index contributed by atoms with van der Waals surface area (Å²) >= 11 is 0. The predicted molar refractivity (Wildman–Crippen MR) is 113 cm³/mol. The molecule has 1 amide bonds. The largest absolute Gasteiger partial charge is 0.497 e. The van der Waals surface area contributed by atoms with Crippen molar-refractivity contribution in [3.05, 3.63) is 57.1 Å². The Hall–Kier alpha value is -3.13. The number of quaternary nitrogens is 1. The monoisotopic (exact) mass is 414 g/mol. The summed E-state index contributed by atoms with van der Waals surface area (Å²) in [5.74, 6) is 1.22. The van der Waals surface area contributed by atoms with Crippen LogP contribution in [-0.2, 0) is 4.79 Å². The van der Waals surface area contributed by atoms with Crippen LogP contribution in [0.15, 0.2) is 30.3 Å². The van der Waals surface area contributed by atoms with Crippen molar-refractivity contribution in [3.63, 3.8) is 0 Å². The SMILES string of the molecule is COc1ccc([C@@H]2CCC[NH+]2CC(=O)Nc2c([N+](=O)[O-])ccc(C)c2C)c(OC)c1. The average Bonchev–Trinajstić information content (AvgIpc) is 3.18. The number of benzene rings is 2. The molecule has 2 aromatic rings. The smallest absolute Gasteiger partial charge is 0.293 e. The highest BCUT2D eigenvalue weighted by atomic mass is 16.6. The van der Waals surface area contributed by atoms with Crippen molar-refractivity contribution in [2.45, 2.75) is 32.7 Å². The Bertz CT molecular complexity index is 960. The molecule has 160 valence electrons. The zero-order chi connectivity index (χ0) is 21.8. The number of anilines is 1. The molecule has 0 bridgehead atoms. The van der Waals surface area contributed by atoms with Crippen LogP contribution in [0.5, 0.6) is 11.5 Å². The average molecular weight is 414 g/mol. The summed E-state index contributed by atoms with van der Waals surface area (Å²) in [5, 5.41) is 14.2. The molecule has 8 heteroatoms. The molecule has 1 fully saturated rings. The summed E-state index contributed by atoms with van der Waals surface area (Å²) in [7, 11) is 3.23. The number of aryl methyl sites for hydroxylation is 1. The summed E-state index contributed by atoms with van der Waals surface area (Å²) in [4.78, 5) is 24.9. The first kappa shape index (κ1) is 21.6. The van der Waals surface area contributed by atoms with Crippen LogP contribution in [0.1, 0.15) is 35.6 Å². The Balaban J connectivity index is 1.79. The molecular weight excluding hydrogens is 386 g/mol. The minimum Gasteiger partial charge on any atom is -0.497 e. The summed E-state index contributed by atoms with van der Waals surface area (Å²) < 4.78 is 10.8. The van der Waals surface area contributed by atoms with E-state index in [4.69, 9.17) is 9.47 Å². The lowest BCUT2D eigenvalue weighted by Crippen LogP contribution is -3.11. The number of methoxy groups -OCH3 is 2. The number of amides is 1. The van der Waals surface area contributed by atoms with Gasteiger partial charge in [-0.3, -0.25) is 14.9 Å². The number of likely N-dealkylation sites (tertiary alicyclic amines) is 1. The van der Waals surface area contributed by atoms with E-state index in [1.807, 2.05) is 25.1 Å². The van der Waals surface area contributed by atoms with Crippen LogP contribution in [-0.4, -0.2) is 38.1 Å². The number of hydrogen-bond acceptors (Lipinski definition) is 5. The zero-order valence-electron chi connectivity index (χ0n) is 17.8. The molecule has 8 nitrogen and oxygen atoms in total. The first-order chi connectivity index (χ1) is 14.3. The van der Waals surface area contributed by atoms with Crippen molar-refractivity contribution in [3.8, 4) is 11.5 Å². The molecule has 1 saturated heterocycles. The molecule has 1 unspecified atom stereocenters. The Labute approximate surface area is 175 Å². The fourth-order valence-corrected chi connectivity index (χ4v) is 4.11. The standard InChI is InChI=1S/C22H27N3O5/c1-14-7-10-19(25(27)28)22(15(14)2)23-21(26)13-24-11-5-6-18(24)17-9-8-16(29-3)12-20(17)30-4/h7-10,12,18H,5-6,11,13H2,1-4H3,(H,23,26)/p+1/t18-/m0/s1. The molecule has 0 radical (unpaired) electrons. The van der Waals surface area contributed by atoms with E-state index in [1.54, 1.807) is 27.2 Å². The summed E-state index contributed by atoms with van der Waals surface area (Å²) in [6, 6.07) is 8.98. The van der Waals surface area contributed by atoms with Crippen LogP contribution in [0, 0.1) is 24.0 Å². The number of nitro groups is 1. The minimum absolute atomic E-state index is 0.0868. The van der Waals surface area contributed by atoms with Gasteiger partial charge >= 0.3 is 0 Å². The third kappa shape index (κ3) is 4.38. The van der Waals surface area contributed by atoms with Crippen molar-refractivity contribution in [1.29, 1.82) is 0 Å². The molecule has 0 saturated carbocycles. The number of ether oxygens (including phenoxy) is 2. The van der Waals surface area contributed by atoms with E-state index in [0.29, 0.717) is 5.56 Å². The fourth-order valence-electron chi connectivity index (χ4n) is 4.11. The third-order valence-corrected chi connectivity index (χ3v) is 5.86. The Morgan fingerprint density at radius 3 is 2.67 bits per heavy atom. The van der Waals surface area contributed by atoms with Gasteiger partial charge in [-0.05, 0) is 37.1 Å². The van der Waals surface area contributed by atoms with Crippen LogP contribution in [0.2, 0.25) is 0 Å². The van der Waals surface area contributed by atoms with Gasteiger partial charge in [0.05, 0.1) is 31.3 Å². The second kappa shape index (κ2) is 9.13. The number of nitrogens with zero attached hydrogens (tertiary/aromatic N) is 1. The number of carbonyl (C=O) groups excluding carboxylic acids is 1. The van der Waals surface area contributed by atoms with Crippen molar-refractivity contribution in [1.82, 2.24) is 0 Å². The topological polar surface area (TPSA) is 95.1 Å². The molecule has 2 N–H and O–H groups in total. The molecule has 1 aliphatic rings. The summed E-state index contributed by atoms with van der Waals surface area (Å²) in [6.07, 6.45) is 1.93. The second-order valence-electron chi connectivity index (χ2n) is 7.59. The van der Waals surface area contributed by atoms with E-state index in [9.17, 15) is 14.9 Å². The van der Waals surface area contributed by atoms with E-state index in [-0.39, 0.29) is 29.9 Å². The normalized spacial score (nSPS) is 18.1. The molecule has 30 heavy (non-hydrogen) atoms. The lowest BCUT2D eigenvalue weighted by molar-refractivity contribution is -0.910. The Kier molecular flexibility index (Phi) is 6.56. The third-order valence-electron chi connectivity index (χ3n) is 5.86. The Morgan fingerprint density at radius 2 is 2.00 bits per heavy atom. The molecule has 0 aromatic heterocycles. The highest BCUT2D eigenvalue weighted by Gasteiger charge is 2.34. The summed E-state index contributed by atoms with van der Waals surface area (Å²) in [6.45, 7) is 4.73. The van der Waals surface area contributed by atoms with Crippen molar-refractivity contribution < 1.29 is 24.1 Å². The molecule has 0 spiro atoms. The van der Waals surface area contributed by atoms with Crippen LogP contribution >= 0.6 is 0 Å². The predicted octanol–water partition coefficient (Wildman–Crippen LogP) is 2.59. The number of hydrogen-bond donors (Lipinski definition) is 2. The van der Waals surface area contributed by atoms with Gasteiger partial charge in [-0.2, -0.15) is 0 Å². The first-order valence-corrected chi connectivity index (χ1v) is 9.96. The lowest BCUT2D eigenvalue weighted by atomic mass is 10.0. The number of nitrogens with one attached hydrogen (secondary N) is 2. The van der Waals surface area contributed by atoms with Gasteiger partial charge in [0.1, 0.15) is 23.2 Å². The molecule has 1 heterocycles. The first-order valence-electron chi connectivity index (χ1n) is 9.96. The van der Waals surface area contributed by atoms with Crippen LogP contribution < -0.4 is 19.7 Å². The van der Waals surface area contributed by atoms with Gasteiger partial charge in [-0.25, -0.2) is 0 Å². The lowest BCUT2D eigenvalue weighted by Gasteiger charge is -2.23. The van der Waals surface area contributed by atoms with E-state index in [1.165, 1.54) is 6.07 Å². The van der Waals surface area contributed by atoms with Crippen molar-refractivity contribution in [2.75, 3.05) is 32.6 Å². The van der Waals surface area contributed by atoms with E-state index < -0.39 is 4.92 Å². The van der Waals surface area contributed by atoms with Gasteiger partial charge in [0.25, 0.3) is 11.6 Å². The number of rotatable bonds is 7. The zero-order valence-corrected chi connectivity index (χ0v) is 17.8. The van der Waals surface area contributed by atoms with Crippen molar-refractivity contribution >= 4 is 17.3 Å². The number of nitro benzene ring substituents is 1. The maximum absolute atomic E-state index is 12.8. The second-order valence-corrected chi connectivity index (χ2v) is 7.59. The van der Waals surface area contributed by atoms with E-state index in [2.05, 4.69) is 5.32 Å². The van der Waals surface area contributed by atoms with E-state index in [0.717, 1.165) is 46.9 Å². The molecule has 2 atom stereocenters.